The van der Waals surface area contributed by atoms with Gasteiger partial charge in [-0.2, -0.15) is 9.78 Å². The lowest BCUT2D eigenvalue weighted by molar-refractivity contribution is 0.102. The van der Waals surface area contributed by atoms with Gasteiger partial charge in [-0.3, -0.25) is 4.79 Å². The minimum Gasteiger partial charge on any atom is -0.383 e. The quantitative estimate of drug-likeness (QED) is 0.368. The minimum absolute atomic E-state index is 0.176. The van der Waals surface area contributed by atoms with E-state index in [0.29, 0.717) is 27.9 Å². The molecule has 2 aromatic heterocycles. The number of nitrogen functional groups attached to an aromatic ring is 1. The predicted molar refractivity (Wildman–Crippen MR) is 137 cm³/mol. The number of para-hydroxylation sites is 2. The number of aryl methyl sites for hydroxylation is 3. The third kappa shape index (κ3) is 3.88. The van der Waals surface area contributed by atoms with Crippen molar-refractivity contribution in [3.63, 3.8) is 0 Å². The number of hydrogen-bond acceptors (Lipinski definition) is 5. The second-order valence-electron chi connectivity index (χ2n) is 8.36. The van der Waals surface area contributed by atoms with E-state index in [4.69, 9.17) is 15.7 Å². The lowest BCUT2D eigenvalue weighted by Crippen LogP contribution is -2.14. The molecular formula is C27H24N6O. The Kier molecular flexibility index (Phi) is 5.30. The summed E-state index contributed by atoms with van der Waals surface area (Å²) in [6.45, 7) is 6.06. The average molecular weight is 449 g/mol. The minimum atomic E-state index is -0.361. The largest absolute Gasteiger partial charge is 0.383 e. The van der Waals surface area contributed by atoms with Crippen LogP contribution in [0.1, 0.15) is 32.6 Å². The van der Waals surface area contributed by atoms with Crippen LogP contribution in [0.25, 0.3) is 22.2 Å². The first-order chi connectivity index (χ1) is 16.4. The number of amides is 1. The highest BCUT2D eigenvalue weighted by Crippen LogP contribution is 2.29. The van der Waals surface area contributed by atoms with E-state index in [1.165, 1.54) is 4.68 Å². The fourth-order valence-electron chi connectivity index (χ4n) is 3.78. The highest BCUT2D eigenvalue weighted by molar-refractivity contribution is 6.16. The molecular weight excluding hydrogens is 424 g/mol. The zero-order valence-electron chi connectivity index (χ0n) is 19.2. The monoisotopic (exact) mass is 448 g/mol. The molecule has 0 fully saturated rings. The van der Waals surface area contributed by atoms with Crippen LogP contribution in [0.2, 0.25) is 0 Å². The normalized spacial score (nSPS) is 11.5. The number of nitrogens with zero attached hydrogens (tertiary/aromatic N) is 4. The van der Waals surface area contributed by atoms with Gasteiger partial charge in [0.05, 0.1) is 17.2 Å². The van der Waals surface area contributed by atoms with Gasteiger partial charge in [0, 0.05) is 5.69 Å². The molecule has 0 spiro atoms. The molecule has 0 bridgehead atoms. The van der Waals surface area contributed by atoms with E-state index in [1.807, 2.05) is 87.5 Å². The average Bonchev–Trinajstić information content (AvgIpc) is 3.09. The molecule has 5 rings (SSSR count). The lowest BCUT2D eigenvalue weighted by atomic mass is 10.1. The molecule has 7 nitrogen and oxygen atoms in total. The third-order valence-corrected chi connectivity index (χ3v) is 5.87. The van der Waals surface area contributed by atoms with Crippen LogP contribution in [0.4, 0.5) is 11.5 Å². The molecule has 0 radical (unpaired) electrons. The van der Waals surface area contributed by atoms with E-state index in [-0.39, 0.29) is 17.3 Å². The van der Waals surface area contributed by atoms with Crippen molar-refractivity contribution in [3.05, 3.63) is 94.5 Å². The number of nitrogens with one attached hydrogen (secondary N) is 1. The molecule has 3 aromatic carbocycles. The molecule has 0 saturated carbocycles. The lowest BCUT2D eigenvalue weighted by Gasteiger charge is -2.08. The maximum absolute atomic E-state index is 13.4. The van der Waals surface area contributed by atoms with Crippen LogP contribution in [0.5, 0.6) is 0 Å². The zero-order valence-corrected chi connectivity index (χ0v) is 19.2. The molecule has 2 heterocycles. The van der Waals surface area contributed by atoms with E-state index in [0.717, 1.165) is 22.3 Å². The summed E-state index contributed by atoms with van der Waals surface area (Å²) < 4.78 is 1.48. The Labute approximate surface area is 197 Å². The predicted octanol–water partition coefficient (Wildman–Crippen LogP) is 5.23. The molecule has 1 amide bonds. The summed E-state index contributed by atoms with van der Waals surface area (Å²) in [6.07, 6.45) is 1.69. The van der Waals surface area contributed by atoms with Crippen molar-refractivity contribution in [1.29, 1.82) is 0 Å². The molecule has 0 aliphatic heterocycles. The summed E-state index contributed by atoms with van der Waals surface area (Å²) in [5.74, 6) is -0.186. The molecule has 7 heteroatoms. The Morgan fingerprint density at radius 3 is 2.35 bits per heavy atom. The summed E-state index contributed by atoms with van der Waals surface area (Å²) in [7, 11) is 0. The number of nitrogens with two attached hydrogens (primary N) is 1. The van der Waals surface area contributed by atoms with Crippen LogP contribution < -0.4 is 11.1 Å². The Hall–Kier alpha value is -4.52. The molecule has 0 saturated heterocycles. The molecule has 34 heavy (non-hydrogen) atoms. The van der Waals surface area contributed by atoms with Crippen molar-refractivity contribution in [2.45, 2.75) is 20.8 Å². The Balaban J connectivity index is 1.64. The fraction of sp³-hybridized carbons (Fsp3) is 0.111. The smallest absolute Gasteiger partial charge is 0.261 e. The first kappa shape index (κ1) is 21.3. The Morgan fingerprint density at radius 1 is 0.941 bits per heavy atom. The Morgan fingerprint density at radius 2 is 1.65 bits per heavy atom. The highest BCUT2D eigenvalue weighted by atomic mass is 16.1. The van der Waals surface area contributed by atoms with Crippen LogP contribution in [0.15, 0.2) is 71.8 Å². The van der Waals surface area contributed by atoms with Crippen LogP contribution in [0, 0.1) is 20.8 Å². The van der Waals surface area contributed by atoms with Gasteiger partial charge >= 0.3 is 0 Å². The van der Waals surface area contributed by atoms with Gasteiger partial charge in [-0.15, -0.1) is 0 Å². The third-order valence-electron chi connectivity index (χ3n) is 5.87. The maximum Gasteiger partial charge on any atom is 0.261 e. The topological polar surface area (TPSA) is 98.2 Å². The number of benzene rings is 3. The molecule has 0 aliphatic carbocycles. The van der Waals surface area contributed by atoms with Gasteiger partial charge in [-0.05, 0) is 61.7 Å². The number of fused-ring (bicyclic) bond motifs is 2. The molecule has 0 aliphatic rings. The maximum atomic E-state index is 13.4. The summed E-state index contributed by atoms with van der Waals surface area (Å²) in [4.78, 5) is 22.8. The fourth-order valence-corrected chi connectivity index (χ4v) is 3.78. The van der Waals surface area contributed by atoms with Crippen molar-refractivity contribution in [2.24, 2.45) is 5.10 Å². The molecule has 168 valence electrons. The van der Waals surface area contributed by atoms with Crippen molar-refractivity contribution in [1.82, 2.24) is 14.6 Å². The summed E-state index contributed by atoms with van der Waals surface area (Å²) in [5.41, 5.74) is 13.9. The van der Waals surface area contributed by atoms with Crippen LogP contribution in [-0.4, -0.2) is 26.8 Å². The first-order valence-electron chi connectivity index (χ1n) is 11.0. The number of anilines is 2. The summed E-state index contributed by atoms with van der Waals surface area (Å²) in [6, 6.07) is 21.2. The van der Waals surface area contributed by atoms with Gasteiger partial charge in [0.25, 0.3) is 5.91 Å². The van der Waals surface area contributed by atoms with Gasteiger partial charge in [-0.25, -0.2) is 9.97 Å². The van der Waals surface area contributed by atoms with Gasteiger partial charge in [0.2, 0.25) is 0 Å². The van der Waals surface area contributed by atoms with Crippen molar-refractivity contribution in [2.75, 3.05) is 11.1 Å². The summed E-state index contributed by atoms with van der Waals surface area (Å²) in [5, 5.41) is 7.51. The van der Waals surface area contributed by atoms with Gasteiger partial charge in [0.1, 0.15) is 16.9 Å². The second kappa shape index (κ2) is 8.44. The van der Waals surface area contributed by atoms with Crippen molar-refractivity contribution < 1.29 is 4.79 Å². The molecule has 3 N–H and O–H groups in total. The molecule has 5 aromatic rings. The van der Waals surface area contributed by atoms with E-state index in [9.17, 15) is 4.79 Å². The van der Waals surface area contributed by atoms with Crippen LogP contribution in [0.3, 0.4) is 0 Å². The number of aromatic nitrogens is 3. The van der Waals surface area contributed by atoms with Crippen LogP contribution in [-0.2, 0) is 0 Å². The SMILES string of the molecule is Cc1ccc(/C=N\n2c(N)c(C(=O)Nc3ccc(C)c(C)c3)c3nc4ccccc4nc32)cc1. The van der Waals surface area contributed by atoms with Crippen molar-refractivity contribution >= 4 is 45.8 Å². The number of rotatable bonds is 4. The first-order valence-corrected chi connectivity index (χ1v) is 11.0. The Bertz CT molecular complexity index is 1580. The van der Waals surface area contributed by atoms with Crippen molar-refractivity contribution in [3.8, 4) is 0 Å². The van der Waals surface area contributed by atoms with E-state index < -0.39 is 0 Å². The zero-order chi connectivity index (χ0) is 23.8. The molecule has 0 unspecified atom stereocenters. The standard InChI is InChI=1S/C27H24N6O/c1-16-8-11-19(12-9-16)15-29-33-25(28)23(27(34)30-20-13-10-17(2)18(3)14-20)24-26(33)32-22-7-5-4-6-21(22)31-24/h4-15H,28H2,1-3H3,(H,30,34)/b29-15-. The van der Waals surface area contributed by atoms with Crippen LogP contribution >= 0.6 is 0 Å². The number of carbonyl (C=O) groups is 1. The molecule has 0 atom stereocenters. The number of carbonyl (C=O) groups excluding carboxylic acids is 1. The van der Waals surface area contributed by atoms with Gasteiger partial charge < -0.3 is 11.1 Å². The van der Waals surface area contributed by atoms with E-state index in [2.05, 4.69) is 10.4 Å². The van der Waals surface area contributed by atoms with Gasteiger partial charge in [-0.1, -0.05) is 48.0 Å². The summed E-state index contributed by atoms with van der Waals surface area (Å²) >= 11 is 0. The van der Waals surface area contributed by atoms with Gasteiger partial charge in [0.15, 0.2) is 5.65 Å². The van der Waals surface area contributed by atoms with E-state index in [1.54, 1.807) is 6.21 Å². The second-order valence-corrected chi connectivity index (χ2v) is 8.36. The highest BCUT2D eigenvalue weighted by Gasteiger charge is 2.24. The number of hydrogen-bond donors (Lipinski definition) is 2. The van der Waals surface area contributed by atoms with E-state index >= 15 is 0 Å².